The number of aromatic nitrogens is 6. The van der Waals surface area contributed by atoms with Gasteiger partial charge in [-0.05, 0) is 49.9 Å². The second kappa shape index (κ2) is 6.50. The molecule has 1 aliphatic carbocycles. The summed E-state index contributed by atoms with van der Waals surface area (Å²) in [6.07, 6.45) is 10.6. The maximum absolute atomic E-state index is 4.75. The summed E-state index contributed by atoms with van der Waals surface area (Å²) in [6.45, 7) is 3.07. The Balaban J connectivity index is 1.42. The summed E-state index contributed by atoms with van der Waals surface area (Å²) in [5.41, 5.74) is 5.61. The van der Waals surface area contributed by atoms with Gasteiger partial charge in [0.05, 0.1) is 6.20 Å². The number of hydrogen-bond donors (Lipinski definition) is 1. The lowest BCUT2D eigenvalue weighted by Gasteiger charge is -2.23. The second-order valence-electron chi connectivity index (χ2n) is 6.88. The topological polar surface area (TPSA) is 72.9 Å². The van der Waals surface area contributed by atoms with Gasteiger partial charge in [0.1, 0.15) is 0 Å². The molecule has 1 aliphatic rings. The summed E-state index contributed by atoms with van der Waals surface area (Å²) >= 11 is 0. The zero-order valence-electron chi connectivity index (χ0n) is 15.2. The van der Waals surface area contributed by atoms with Crippen molar-refractivity contribution in [2.75, 3.05) is 5.32 Å². The predicted octanol–water partition coefficient (Wildman–Crippen LogP) is 2.98. The SMILES string of the molecule is CCn1ncc2c1CCC(Nc1nc3c(-c4cccnc4)cccn3n1)C2. The summed E-state index contributed by atoms with van der Waals surface area (Å²) in [5.74, 6) is 0.669. The first-order valence-electron chi connectivity index (χ1n) is 9.37. The number of aryl methyl sites for hydroxylation is 1. The van der Waals surface area contributed by atoms with Crippen molar-refractivity contribution in [3.05, 3.63) is 60.3 Å². The first-order chi connectivity index (χ1) is 13.3. The van der Waals surface area contributed by atoms with Crippen LogP contribution in [0.1, 0.15) is 24.6 Å². The average Bonchev–Trinajstić information content (AvgIpc) is 3.31. The highest BCUT2D eigenvalue weighted by Gasteiger charge is 2.23. The molecule has 0 amide bonds. The summed E-state index contributed by atoms with van der Waals surface area (Å²) in [6, 6.07) is 8.34. The fourth-order valence-corrected chi connectivity index (χ4v) is 3.88. The van der Waals surface area contributed by atoms with Crippen molar-refractivity contribution in [2.45, 2.75) is 38.8 Å². The highest BCUT2D eigenvalue weighted by molar-refractivity contribution is 5.77. The van der Waals surface area contributed by atoms with E-state index in [0.717, 1.165) is 42.6 Å². The molecule has 1 N–H and O–H groups in total. The van der Waals surface area contributed by atoms with Crippen molar-refractivity contribution in [1.82, 2.24) is 29.4 Å². The minimum atomic E-state index is 0.325. The molecular formula is C20H21N7. The molecule has 27 heavy (non-hydrogen) atoms. The van der Waals surface area contributed by atoms with E-state index in [1.807, 2.05) is 41.3 Å². The smallest absolute Gasteiger partial charge is 0.243 e. The van der Waals surface area contributed by atoms with Crippen LogP contribution in [0, 0.1) is 0 Å². The van der Waals surface area contributed by atoms with Gasteiger partial charge in [0.15, 0.2) is 5.65 Å². The van der Waals surface area contributed by atoms with E-state index in [4.69, 9.17) is 4.98 Å². The lowest BCUT2D eigenvalue weighted by molar-refractivity contribution is 0.552. The number of anilines is 1. The maximum atomic E-state index is 4.75. The molecule has 7 nitrogen and oxygen atoms in total. The Labute approximate surface area is 157 Å². The standard InChI is InChI=1S/C20H21N7/c1-2-26-18-8-7-16(11-15(18)13-22-26)23-20-24-19-17(6-4-10-27(19)25-20)14-5-3-9-21-12-14/h3-6,9-10,12-13,16H,2,7-8,11H2,1H3,(H,23,25). The third kappa shape index (κ3) is 2.85. The van der Waals surface area contributed by atoms with E-state index in [1.54, 1.807) is 6.20 Å². The van der Waals surface area contributed by atoms with Crippen LogP contribution in [0.3, 0.4) is 0 Å². The van der Waals surface area contributed by atoms with Crippen LogP contribution in [0.5, 0.6) is 0 Å². The molecule has 4 aromatic heterocycles. The van der Waals surface area contributed by atoms with Gasteiger partial charge in [0.25, 0.3) is 0 Å². The summed E-state index contributed by atoms with van der Waals surface area (Å²) < 4.78 is 3.93. The molecule has 0 aliphatic heterocycles. The van der Waals surface area contributed by atoms with Gasteiger partial charge in [-0.2, -0.15) is 10.1 Å². The van der Waals surface area contributed by atoms with Crippen molar-refractivity contribution < 1.29 is 0 Å². The van der Waals surface area contributed by atoms with E-state index in [9.17, 15) is 0 Å². The van der Waals surface area contributed by atoms with Crippen LogP contribution in [0.25, 0.3) is 16.8 Å². The molecule has 136 valence electrons. The zero-order chi connectivity index (χ0) is 18.2. The molecule has 0 bridgehead atoms. The normalized spacial score (nSPS) is 16.4. The fourth-order valence-electron chi connectivity index (χ4n) is 3.88. The van der Waals surface area contributed by atoms with Crippen LogP contribution >= 0.6 is 0 Å². The maximum Gasteiger partial charge on any atom is 0.243 e. The van der Waals surface area contributed by atoms with Gasteiger partial charge in [0, 0.05) is 48.0 Å². The lowest BCUT2D eigenvalue weighted by Crippen LogP contribution is -2.28. The van der Waals surface area contributed by atoms with E-state index in [-0.39, 0.29) is 0 Å². The Bertz CT molecular complexity index is 1080. The van der Waals surface area contributed by atoms with Gasteiger partial charge in [-0.1, -0.05) is 6.07 Å². The molecule has 0 spiro atoms. The van der Waals surface area contributed by atoms with Crippen LogP contribution < -0.4 is 5.32 Å². The second-order valence-corrected chi connectivity index (χ2v) is 6.88. The van der Waals surface area contributed by atoms with E-state index < -0.39 is 0 Å². The van der Waals surface area contributed by atoms with Crippen LogP contribution in [-0.4, -0.2) is 35.4 Å². The van der Waals surface area contributed by atoms with Gasteiger partial charge in [-0.3, -0.25) is 9.67 Å². The van der Waals surface area contributed by atoms with Crippen LogP contribution in [-0.2, 0) is 19.4 Å². The molecule has 0 aromatic carbocycles. The first kappa shape index (κ1) is 16.0. The summed E-state index contributed by atoms with van der Waals surface area (Å²) in [7, 11) is 0. The van der Waals surface area contributed by atoms with Crippen molar-refractivity contribution in [1.29, 1.82) is 0 Å². The number of pyridine rings is 2. The molecule has 0 saturated carbocycles. The molecular weight excluding hydrogens is 338 g/mol. The molecule has 5 rings (SSSR count). The Morgan fingerprint density at radius 1 is 1.22 bits per heavy atom. The molecule has 4 aromatic rings. The third-order valence-corrected chi connectivity index (χ3v) is 5.20. The average molecular weight is 359 g/mol. The van der Waals surface area contributed by atoms with Gasteiger partial charge < -0.3 is 5.32 Å². The van der Waals surface area contributed by atoms with E-state index in [2.05, 4.69) is 38.2 Å². The van der Waals surface area contributed by atoms with Crippen LogP contribution in [0.2, 0.25) is 0 Å². The Morgan fingerprint density at radius 2 is 2.19 bits per heavy atom. The minimum Gasteiger partial charge on any atom is -0.350 e. The van der Waals surface area contributed by atoms with Crippen molar-refractivity contribution >= 4 is 11.6 Å². The molecule has 1 unspecified atom stereocenters. The van der Waals surface area contributed by atoms with E-state index >= 15 is 0 Å². The van der Waals surface area contributed by atoms with E-state index in [1.165, 1.54) is 11.3 Å². The number of hydrogen-bond acceptors (Lipinski definition) is 5. The Kier molecular flexibility index (Phi) is 3.85. The number of nitrogens with zero attached hydrogens (tertiary/aromatic N) is 6. The highest BCUT2D eigenvalue weighted by atomic mass is 15.3. The minimum absolute atomic E-state index is 0.325. The Morgan fingerprint density at radius 3 is 3.04 bits per heavy atom. The number of nitrogens with one attached hydrogen (secondary N) is 1. The van der Waals surface area contributed by atoms with Crippen LogP contribution in [0.4, 0.5) is 5.95 Å². The molecule has 7 heteroatoms. The van der Waals surface area contributed by atoms with Crippen molar-refractivity contribution in [2.24, 2.45) is 0 Å². The molecule has 4 heterocycles. The van der Waals surface area contributed by atoms with Crippen LogP contribution in [0.15, 0.2) is 49.1 Å². The monoisotopic (exact) mass is 359 g/mol. The summed E-state index contributed by atoms with van der Waals surface area (Å²) in [4.78, 5) is 8.97. The lowest BCUT2D eigenvalue weighted by atomic mass is 9.93. The largest absolute Gasteiger partial charge is 0.350 e. The third-order valence-electron chi connectivity index (χ3n) is 5.20. The van der Waals surface area contributed by atoms with Gasteiger partial charge in [-0.25, -0.2) is 4.52 Å². The van der Waals surface area contributed by atoms with Gasteiger partial charge >= 0.3 is 0 Å². The van der Waals surface area contributed by atoms with Gasteiger partial charge in [0.2, 0.25) is 5.95 Å². The molecule has 1 atom stereocenters. The molecule has 0 saturated heterocycles. The summed E-state index contributed by atoms with van der Waals surface area (Å²) in [5, 5.41) is 12.6. The predicted molar refractivity (Wildman–Crippen MR) is 104 cm³/mol. The Hall–Kier alpha value is -3.22. The van der Waals surface area contributed by atoms with Crippen molar-refractivity contribution in [3.63, 3.8) is 0 Å². The highest BCUT2D eigenvalue weighted by Crippen LogP contribution is 2.25. The number of fused-ring (bicyclic) bond motifs is 2. The van der Waals surface area contributed by atoms with Gasteiger partial charge in [-0.15, -0.1) is 5.10 Å². The quantitative estimate of drug-likeness (QED) is 0.606. The van der Waals surface area contributed by atoms with Crippen molar-refractivity contribution in [3.8, 4) is 11.1 Å². The zero-order valence-corrected chi connectivity index (χ0v) is 15.2. The first-order valence-corrected chi connectivity index (χ1v) is 9.37. The fraction of sp³-hybridized carbons (Fsp3) is 0.300. The molecule has 0 fully saturated rings. The molecule has 0 radical (unpaired) electrons. The van der Waals surface area contributed by atoms with E-state index in [0.29, 0.717) is 12.0 Å². The number of rotatable bonds is 4.